The zero-order chi connectivity index (χ0) is 13.1. The first-order valence-electron chi connectivity index (χ1n) is 6.07. The Morgan fingerprint density at radius 2 is 2.11 bits per heavy atom. The fourth-order valence-corrected chi connectivity index (χ4v) is 2.33. The average Bonchev–Trinajstić information content (AvgIpc) is 2.35. The molecule has 3 nitrogen and oxygen atoms in total. The number of halogens is 1. The molecule has 1 aromatic heterocycles. The number of benzene rings is 1. The maximum atomic E-state index is 11.8. The van der Waals surface area contributed by atoms with Crippen molar-refractivity contribution in [1.82, 2.24) is 0 Å². The molecule has 0 aliphatic rings. The summed E-state index contributed by atoms with van der Waals surface area (Å²) in [6, 6.07) is 5.22. The van der Waals surface area contributed by atoms with E-state index < -0.39 is 5.63 Å². The molecule has 1 N–H and O–H groups in total. The van der Waals surface area contributed by atoms with Crippen molar-refractivity contribution in [3.05, 3.63) is 38.7 Å². The number of unbranched alkanes of at least 4 members (excludes halogenated alkanes) is 2. The van der Waals surface area contributed by atoms with Crippen LogP contribution in [0.3, 0.4) is 0 Å². The maximum absolute atomic E-state index is 11.8. The summed E-state index contributed by atoms with van der Waals surface area (Å²) in [5, 5.41) is 10.8. The van der Waals surface area contributed by atoms with Crippen LogP contribution in [-0.2, 0) is 6.42 Å². The molecule has 18 heavy (non-hydrogen) atoms. The van der Waals surface area contributed by atoms with Crippen LogP contribution >= 0.6 is 15.9 Å². The van der Waals surface area contributed by atoms with Crippen molar-refractivity contribution in [2.24, 2.45) is 0 Å². The number of fused-ring (bicyclic) bond motifs is 1. The fraction of sp³-hybridized carbons (Fsp3) is 0.357. The minimum atomic E-state index is -0.432. The van der Waals surface area contributed by atoms with E-state index in [1.165, 1.54) is 0 Å². The first kappa shape index (κ1) is 13.1. The Morgan fingerprint density at radius 1 is 1.33 bits per heavy atom. The number of hydrogen-bond donors (Lipinski definition) is 1. The molecule has 0 bridgehead atoms. The van der Waals surface area contributed by atoms with Crippen molar-refractivity contribution < 1.29 is 9.52 Å². The van der Waals surface area contributed by atoms with Gasteiger partial charge in [0.15, 0.2) is 0 Å². The third-order valence-electron chi connectivity index (χ3n) is 2.96. The first-order valence-corrected chi connectivity index (χ1v) is 6.87. The lowest BCUT2D eigenvalue weighted by Crippen LogP contribution is -2.07. The minimum absolute atomic E-state index is 0.0543. The lowest BCUT2D eigenvalue weighted by Gasteiger charge is -2.06. The monoisotopic (exact) mass is 310 g/mol. The van der Waals surface area contributed by atoms with Crippen LogP contribution in [0.2, 0.25) is 0 Å². The van der Waals surface area contributed by atoms with Crippen molar-refractivity contribution in [3.63, 3.8) is 0 Å². The molecular formula is C14H15BrO3. The van der Waals surface area contributed by atoms with Gasteiger partial charge in [-0.3, -0.25) is 0 Å². The second-order valence-corrected chi connectivity index (χ2v) is 5.23. The zero-order valence-corrected chi connectivity index (χ0v) is 11.8. The molecule has 0 amide bonds. The molecule has 96 valence electrons. The molecule has 0 spiro atoms. The Labute approximate surface area is 114 Å². The highest BCUT2D eigenvalue weighted by molar-refractivity contribution is 9.10. The van der Waals surface area contributed by atoms with Crippen molar-refractivity contribution in [1.29, 1.82) is 0 Å². The molecule has 4 heteroatoms. The molecule has 0 saturated carbocycles. The predicted octanol–water partition coefficient (Wildman–Crippen LogP) is 3.99. The van der Waals surface area contributed by atoms with E-state index in [4.69, 9.17) is 4.42 Å². The number of aromatic hydroxyl groups is 1. The topological polar surface area (TPSA) is 50.4 Å². The highest BCUT2D eigenvalue weighted by Crippen LogP contribution is 2.29. The molecule has 1 heterocycles. The van der Waals surface area contributed by atoms with E-state index in [0.717, 1.165) is 23.7 Å². The lowest BCUT2D eigenvalue weighted by atomic mass is 10.1. The third kappa shape index (κ3) is 2.58. The van der Waals surface area contributed by atoms with Gasteiger partial charge in [-0.05, 0) is 31.0 Å². The molecule has 0 radical (unpaired) electrons. The van der Waals surface area contributed by atoms with Crippen LogP contribution in [0.5, 0.6) is 5.75 Å². The van der Waals surface area contributed by atoms with Gasteiger partial charge in [-0.25, -0.2) is 4.79 Å². The van der Waals surface area contributed by atoms with Crippen molar-refractivity contribution in [2.45, 2.75) is 32.6 Å². The largest absolute Gasteiger partial charge is 0.507 e. The highest BCUT2D eigenvalue weighted by Gasteiger charge is 2.13. The van der Waals surface area contributed by atoms with Gasteiger partial charge in [-0.2, -0.15) is 0 Å². The Morgan fingerprint density at radius 3 is 2.83 bits per heavy atom. The molecule has 2 aromatic rings. The molecule has 0 saturated heterocycles. The molecule has 0 unspecified atom stereocenters. The van der Waals surface area contributed by atoms with Gasteiger partial charge in [0.2, 0.25) is 0 Å². The summed E-state index contributed by atoms with van der Waals surface area (Å²) in [5.41, 5.74) is 0.368. The van der Waals surface area contributed by atoms with E-state index in [2.05, 4.69) is 22.9 Å². The number of rotatable bonds is 4. The van der Waals surface area contributed by atoms with Crippen LogP contribution in [-0.4, -0.2) is 5.11 Å². The summed E-state index contributed by atoms with van der Waals surface area (Å²) in [5.74, 6) is 0.0543. The number of hydrogen-bond acceptors (Lipinski definition) is 3. The van der Waals surface area contributed by atoms with Crippen molar-refractivity contribution in [2.75, 3.05) is 0 Å². The van der Waals surface area contributed by atoms with Gasteiger partial charge in [-0.15, -0.1) is 0 Å². The summed E-state index contributed by atoms with van der Waals surface area (Å²) in [7, 11) is 0. The van der Waals surface area contributed by atoms with E-state index >= 15 is 0 Å². The molecule has 0 aliphatic heterocycles. The zero-order valence-electron chi connectivity index (χ0n) is 10.2. The van der Waals surface area contributed by atoms with Crippen LogP contribution in [0.4, 0.5) is 0 Å². The van der Waals surface area contributed by atoms with Gasteiger partial charge in [0.1, 0.15) is 11.3 Å². The van der Waals surface area contributed by atoms with Gasteiger partial charge in [0, 0.05) is 4.47 Å². The average molecular weight is 311 g/mol. The maximum Gasteiger partial charge on any atom is 0.343 e. The molecule has 0 aliphatic carbocycles. The summed E-state index contributed by atoms with van der Waals surface area (Å²) < 4.78 is 6.07. The van der Waals surface area contributed by atoms with Crippen LogP contribution in [0, 0.1) is 0 Å². The summed E-state index contributed by atoms with van der Waals surface area (Å²) in [6.07, 6.45) is 3.55. The van der Waals surface area contributed by atoms with Gasteiger partial charge >= 0.3 is 5.63 Å². The fourth-order valence-electron chi connectivity index (χ4n) is 1.97. The summed E-state index contributed by atoms with van der Waals surface area (Å²) >= 11 is 3.34. The molecule has 2 rings (SSSR count). The Balaban J connectivity index is 2.49. The van der Waals surface area contributed by atoms with E-state index in [1.807, 2.05) is 0 Å². The van der Waals surface area contributed by atoms with Crippen LogP contribution in [0.1, 0.15) is 31.7 Å². The second-order valence-electron chi connectivity index (χ2n) is 4.31. The summed E-state index contributed by atoms with van der Waals surface area (Å²) in [6.45, 7) is 2.10. The van der Waals surface area contributed by atoms with Crippen LogP contribution < -0.4 is 5.63 Å². The molecule has 1 aromatic carbocycles. The lowest BCUT2D eigenvalue weighted by molar-refractivity contribution is 0.454. The first-order chi connectivity index (χ1) is 8.63. The van der Waals surface area contributed by atoms with Crippen LogP contribution in [0.25, 0.3) is 11.0 Å². The van der Waals surface area contributed by atoms with Crippen molar-refractivity contribution >= 4 is 26.9 Å². The summed E-state index contributed by atoms with van der Waals surface area (Å²) in [4.78, 5) is 11.8. The van der Waals surface area contributed by atoms with Crippen LogP contribution in [0.15, 0.2) is 31.9 Å². The van der Waals surface area contributed by atoms with Crippen molar-refractivity contribution in [3.8, 4) is 5.75 Å². The Hall–Kier alpha value is -1.29. The SMILES string of the molecule is CCCCCc1c(O)c2cc(Br)ccc2oc1=O. The molecular weight excluding hydrogens is 296 g/mol. The standard InChI is InChI=1S/C14H15BrO3/c1-2-3-4-5-10-13(16)11-8-9(15)6-7-12(11)18-14(10)17/h6-8,16H,2-5H2,1H3. The van der Waals surface area contributed by atoms with Gasteiger partial charge in [-0.1, -0.05) is 35.7 Å². The van der Waals surface area contributed by atoms with E-state index in [1.54, 1.807) is 18.2 Å². The Bertz CT molecular complexity index is 616. The predicted molar refractivity (Wildman–Crippen MR) is 75.1 cm³/mol. The smallest absolute Gasteiger partial charge is 0.343 e. The third-order valence-corrected chi connectivity index (χ3v) is 3.46. The highest BCUT2D eigenvalue weighted by atomic mass is 79.9. The minimum Gasteiger partial charge on any atom is -0.507 e. The van der Waals surface area contributed by atoms with E-state index in [9.17, 15) is 9.90 Å². The van der Waals surface area contributed by atoms with Gasteiger partial charge < -0.3 is 9.52 Å². The van der Waals surface area contributed by atoms with Gasteiger partial charge in [0.05, 0.1) is 10.9 Å². The quantitative estimate of drug-likeness (QED) is 0.686. The second kappa shape index (κ2) is 5.57. The Kier molecular flexibility index (Phi) is 4.07. The van der Waals surface area contributed by atoms with E-state index in [-0.39, 0.29) is 5.75 Å². The normalized spacial score (nSPS) is 11.0. The molecule has 0 fully saturated rings. The van der Waals surface area contributed by atoms with E-state index in [0.29, 0.717) is 23.0 Å². The molecule has 0 atom stereocenters. The van der Waals surface area contributed by atoms with Gasteiger partial charge in [0.25, 0.3) is 0 Å².